The molecule has 4 heterocycles. The van der Waals surface area contributed by atoms with Gasteiger partial charge in [0.05, 0.1) is 0 Å². The summed E-state index contributed by atoms with van der Waals surface area (Å²) in [5.74, 6) is 0. The Hall–Kier alpha value is -6.07. The van der Waals surface area contributed by atoms with Crippen LogP contribution in [-0.4, -0.2) is 4.98 Å². The van der Waals surface area contributed by atoms with E-state index in [-0.39, 0.29) is 0 Å². The van der Waals surface area contributed by atoms with E-state index in [0.717, 1.165) is 93.7 Å². The molecule has 10 rings (SSSR count). The highest BCUT2D eigenvalue weighted by molar-refractivity contribution is 6.19. The highest BCUT2D eigenvalue weighted by Crippen LogP contribution is 2.43. The molecule has 0 saturated heterocycles. The van der Waals surface area contributed by atoms with Gasteiger partial charge in [0.1, 0.15) is 33.5 Å². The summed E-state index contributed by atoms with van der Waals surface area (Å²) in [6.45, 7) is 0. The second kappa shape index (κ2) is 8.72. The van der Waals surface area contributed by atoms with E-state index in [4.69, 9.17) is 13.3 Å². The van der Waals surface area contributed by atoms with Gasteiger partial charge in [0.2, 0.25) is 0 Å². The summed E-state index contributed by atoms with van der Waals surface area (Å²) in [6, 6.07) is 41.8. The standard InChI is InChI=1S/C39H22N2O3/c1-3-7-33-27(5-1)29-19-24(10-14-35(29)42-33)41(25-11-15-36-30(20-25)28-6-2-4-8-34(28)43-36)26-12-16-37-31(21-26)39-32-22-40-18-17-23(32)9-13-38(39)44-37/h1-22H. The van der Waals surface area contributed by atoms with Crippen molar-refractivity contribution in [2.45, 2.75) is 0 Å². The molecule has 0 spiro atoms. The number of hydrogen-bond acceptors (Lipinski definition) is 5. The number of nitrogens with zero attached hydrogens (tertiary/aromatic N) is 2. The quantitative estimate of drug-likeness (QED) is 0.213. The first-order chi connectivity index (χ1) is 21.8. The maximum atomic E-state index is 6.33. The molecule has 0 atom stereocenters. The lowest BCUT2D eigenvalue weighted by Gasteiger charge is -2.25. The molecule has 5 heteroatoms. The molecule has 5 nitrogen and oxygen atoms in total. The molecular weight excluding hydrogens is 544 g/mol. The van der Waals surface area contributed by atoms with Crippen molar-refractivity contribution in [3.63, 3.8) is 0 Å². The molecule has 0 aliphatic heterocycles. The third-order valence-corrected chi connectivity index (χ3v) is 8.73. The molecule has 0 amide bonds. The van der Waals surface area contributed by atoms with Crippen molar-refractivity contribution in [2.24, 2.45) is 0 Å². The molecule has 0 radical (unpaired) electrons. The molecule has 206 valence electrons. The first-order valence-corrected chi connectivity index (χ1v) is 14.6. The Morgan fingerprint density at radius 1 is 0.409 bits per heavy atom. The number of hydrogen-bond donors (Lipinski definition) is 0. The molecule has 0 bridgehead atoms. The topological polar surface area (TPSA) is 55.6 Å². The first kappa shape index (κ1) is 23.5. The SMILES string of the molecule is c1ccc2c(c1)oc1ccc(N(c3ccc4oc5ccccc5c4c3)c3ccc4oc5ccc6ccncc6c5c4c3)cc12. The van der Waals surface area contributed by atoms with Crippen LogP contribution in [0.15, 0.2) is 147 Å². The number of anilines is 3. The van der Waals surface area contributed by atoms with Crippen LogP contribution >= 0.6 is 0 Å². The third kappa shape index (κ3) is 3.32. The van der Waals surface area contributed by atoms with Crippen molar-refractivity contribution >= 4 is 93.7 Å². The predicted octanol–water partition coefficient (Wildman–Crippen LogP) is 11.4. The van der Waals surface area contributed by atoms with E-state index in [9.17, 15) is 0 Å². The number of furan rings is 3. The van der Waals surface area contributed by atoms with Crippen LogP contribution in [0.1, 0.15) is 0 Å². The molecule has 6 aromatic carbocycles. The number of benzene rings is 6. The first-order valence-electron chi connectivity index (χ1n) is 14.6. The molecule has 4 aromatic heterocycles. The number of fused-ring (bicyclic) bond motifs is 11. The second-order valence-corrected chi connectivity index (χ2v) is 11.2. The molecule has 0 saturated carbocycles. The number of para-hydroxylation sites is 2. The van der Waals surface area contributed by atoms with Gasteiger partial charge in [-0.1, -0.05) is 42.5 Å². The Balaban J connectivity index is 1.26. The lowest BCUT2D eigenvalue weighted by molar-refractivity contribution is 0.668. The Morgan fingerprint density at radius 3 is 1.55 bits per heavy atom. The smallest absolute Gasteiger partial charge is 0.136 e. The van der Waals surface area contributed by atoms with Crippen molar-refractivity contribution in [1.82, 2.24) is 4.98 Å². The van der Waals surface area contributed by atoms with Crippen LogP contribution in [0.4, 0.5) is 17.1 Å². The minimum Gasteiger partial charge on any atom is -0.456 e. The van der Waals surface area contributed by atoms with E-state index in [1.165, 1.54) is 0 Å². The number of rotatable bonds is 3. The van der Waals surface area contributed by atoms with Gasteiger partial charge in [0.15, 0.2) is 0 Å². The lowest BCUT2D eigenvalue weighted by atomic mass is 10.0. The Labute approximate surface area is 250 Å². The zero-order chi connectivity index (χ0) is 28.8. The molecular formula is C39H22N2O3. The summed E-state index contributed by atoms with van der Waals surface area (Å²) < 4.78 is 18.7. The van der Waals surface area contributed by atoms with Gasteiger partial charge in [-0.2, -0.15) is 0 Å². The molecule has 0 fully saturated rings. The minimum atomic E-state index is 0.840. The average molecular weight is 567 g/mol. The average Bonchev–Trinajstić information content (AvgIpc) is 3.76. The molecule has 0 unspecified atom stereocenters. The normalized spacial score (nSPS) is 12.1. The van der Waals surface area contributed by atoms with Crippen LogP contribution in [0.2, 0.25) is 0 Å². The summed E-state index contributed by atoms with van der Waals surface area (Å²) in [7, 11) is 0. The maximum absolute atomic E-state index is 6.33. The summed E-state index contributed by atoms with van der Waals surface area (Å²) in [5, 5.41) is 8.66. The monoisotopic (exact) mass is 566 g/mol. The van der Waals surface area contributed by atoms with Crippen molar-refractivity contribution < 1.29 is 13.3 Å². The Morgan fingerprint density at radius 2 is 0.909 bits per heavy atom. The summed E-state index contributed by atoms with van der Waals surface area (Å²) in [6.07, 6.45) is 3.75. The number of aromatic nitrogens is 1. The lowest BCUT2D eigenvalue weighted by Crippen LogP contribution is -2.09. The molecule has 0 aliphatic rings. The van der Waals surface area contributed by atoms with Gasteiger partial charge >= 0.3 is 0 Å². The molecule has 0 N–H and O–H groups in total. The van der Waals surface area contributed by atoms with E-state index in [1.807, 2.05) is 48.8 Å². The van der Waals surface area contributed by atoms with Crippen LogP contribution in [0.25, 0.3) is 76.6 Å². The van der Waals surface area contributed by atoms with Crippen LogP contribution in [0, 0.1) is 0 Å². The maximum Gasteiger partial charge on any atom is 0.136 e. The highest BCUT2D eigenvalue weighted by atomic mass is 16.3. The van der Waals surface area contributed by atoms with E-state index >= 15 is 0 Å². The summed E-state index contributed by atoms with van der Waals surface area (Å²) in [5.41, 5.74) is 8.23. The van der Waals surface area contributed by atoms with Gasteiger partial charge in [-0.3, -0.25) is 4.98 Å². The largest absolute Gasteiger partial charge is 0.456 e. The van der Waals surface area contributed by atoms with E-state index in [1.54, 1.807) is 0 Å². The Kier molecular flexibility index (Phi) is 4.66. The van der Waals surface area contributed by atoms with Crippen molar-refractivity contribution in [3.05, 3.63) is 134 Å². The van der Waals surface area contributed by atoms with Gasteiger partial charge in [-0.05, 0) is 84.2 Å². The van der Waals surface area contributed by atoms with Crippen LogP contribution in [0.3, 0.4) is 0 Å². The van der Waals surface area contributed by atoms with Crippen molar-refractivity contribution in [3.8, 4) is 0 Å². The Bertz CT molecular complexity index is 2630. The van der Waals surface area contributed by atoms with Gasteiger partial charge in [0, 0.05) is 67.2 Å². The summed E-state index contributed by atoms with van der Waals surface area (Å²) >= 11 is 0. The van der Waals surface area contributed by atoms with Gasteiger partial charge in [-0.25, -0.2) is 0 Å². The van der Waals surface area contributed by atoms with Crippen molar-refractivity contribution in [1.29, 1.82) is 0 Å². The molecule has 10 aromatic rings. The van der Waals surface area contributed by atoms with Gasteiger partial charge in [0.25, 0.3) is 0 Å². The third-order valence-electron chi connectivity index (χ3n) is 8.73. The zero-order valence-corrected chi connectivity index (χ0v) is 23.3. The van der Waals surface area contributed by atoms with Crippen LogP contribution < -0.4 is 4.90 Å². The highest BCUT2D eigenvalue weighted by Gasteiger charge is 2.19. The van der Waals surface area contributed by atoms with E-state index in [2.05, 4.69) is 94.8 Å². The minimum absolute atomic E-state index is 0.840. The fourth-order valence-electron chi connectivity index (χ4n) is 6.72. The number of pyridine rings is 1. The second-order valence-electron chi connectivity index (χ2n) is 11.2. The summed E-state index contributed by atoms with van der Waals surface area (Å²) in [4.78, 5) is 6.73. The van der Waals surface area contributed by atoms with Gasteiger partial charge < -0.3 is 18.2 Å². The fourth-order valence-corrected chi connectivity index (χ4v) is 6.72. The van der Waals surface area contributed by atoms with E-state index in [0.29, 0.717) is 0 Å². The zero-order valence-electron chi connectivity index (χ0n) is 23.3. The fraction of sp³-hybridized carbons (Fsp3) is 0. The van der Waals surface area contributed by atoms with E-state index < -0.39 is 0 Å². The molecule has 0 aliphatic carbocycles. The molecule has 44 heavy (non-hydrogen) atoms. The van der Waals surface area contributed by atoms with Gasteiger partial charge in [-0.15, -0.1) is 0 Å². The van der Waals surface area contributed by atoms with Crippen LogP contribution in [-0.2, 0) is 0 Å². The van der Waals surface area contributed by atoms with Crippen molar-refractivity contribution in [2.75, 3.05) is 4.90 Å². The van der Waals surface area contributed by atoms with Crippen LogP contribution in [0.5, 0.6) is 0 Å². The predicted molar refractivity (Wildman–Crippen MR) is 178 cm³/mol.